The Morgan fingerprint density at radius 3 is 2.27 bits per heavy atom. The molecule has 0 fully saturated rings. The van der Waals surface area contributed by atoms with Crippen LogP contribution in [0, 0.1) is 6.92 Å². The van der Waals surface area contributed by atoms with Crippen molar-refractivity contribution < 1.29 is 0 Å². The van der Waals surface area contributed by atoms with Crippen molar-refractivity contribution in [2.45, 2.75) is 31.6 Å². The number of rotatable bonds is 2. The van der Waals surface area contributed by atoms with E-state index >= 15 is 0 Å². The molecule has 0 saturated heterocycles. The van der Waals surface area contributed by atoms with Crippen molar-refractivity contribution in [3.8, 4) is 0 Å². The van der Waals surface area contributed by atoms with E-state index in [9.17, 15) is 0 Å². The lowest BCUT2D eigenvalue weighted by Crippen LogP contribution is -1.87. The lowest BCUT2D eigenvalue weighted by Gasteiger charge is -2.11. The van der Waals surface area contributed by atoms with E-state index in [1.54, 1.807) is 0 Å². The molecular formula is C14H16S. The quantitative estimate of drug-likeness (QED) is 0.690. The molecule has 0 bridgehead atoms. The van der Waals surface area contributed by atoms with E-state index in [0.29, 0.717) is 0 Å². The van der Waals surface area contributed by atoms with Crippen LogP contribution in [0.5, 0.6) is 0 Å². The Morgan fingerprint density at radius 2 is 1.67 bits per heavy atom. The SMILES string of the molecule is CC1=CC=C(Sc2ccc(C)cc2)CC1. The van der Waals surface area contributed by atoms with E-state index in [0.717, 1.165) is 0 Å². The summed E-state index contributed by atoms with van der Waals surface area (Å²) in [5.74, 6) is 0. The van der Waals surface area contributed by atoms with Crippen LogP contribution >= 0.6 is 11.8 Å². The molecular weight excluding hydrogens is 200 g/mol. The van der Waals surface area contributed by atoms with Crippen LogP contribution in [-0.2, 0) is 0 Å². The van der Waals surface area contributed by atoms with Gasteiger partial charge in [0.2, 0.25) is 0 Å². The largest absolute Gasteiger partial charge is 0.0945 e. The minimum atomic E-state index is 1.20. The standard InChI is InChI=1S/C14H16S/c1-11-3-7-13(8-4-11)15-14-9-5-12(2)6-10-14/h3-5,7-9H,6,10H2,1-2H3. The van der Waals surface area contributed by atoms with Gasteiger partial charge in [-0.05, 0) is 43.7 Å². The molecule has 0 spiro atoms. The lowest BCUT2D eigenvalue weighted by atomic mass is 10.1. The Morgan fingerprint density at radius 1 is 0.933 bits per heavy atom. The average molecular weight is 216 g/mol. The summed E-state index contributed by atoms with van der Waals surface area (Å²) >= 11 is 1.89. The minimum absolute atomic E-state index is 1.20. The summed E-state index contributed by atoms with van der Waals surface area (Å²) in [5.41, 5.74) is 2.82. The van der Waals surface area contributed by atoms with Crippen LogP contribution < -0.4 is 0 Å². The summed E-state index contributed by atoms with van der Waals surface area (Å²) in [7, 11) is 0. The molecule has 2 rings (SSSR count). The van der Waals surface area contributed by atoms with Gasteiger partial charge in [-0.15, -0.1) is 0 Å². The highest BCUT2D eigenvalue weighted by molar-refractivity contribution is 8.03. The van der Waals surface area contributed by atoms with Gasteiger partial charge in [-0.2, -0.15) is 0 Å². The number of hydrogen-bond acceptors (Lipinski definition) is 1. The summed E-state index contributed by atoms with van der Waals surface area (Å²) < 4.78 is 0. The lowest BCUT2D eigenvalue weighted by molar-refractivity contribution is 0.949. The first kappa shape index (κ1) is 10.6. The van der Waals surface area contributed by atoms with Crippen molar-refractivity contribution in [3.05, 3.63) is 52.5 Å². The molecule has 0 heterocycles. The molecule has 1 aliphatic rings. The molecule has 1 aliphatic carbocycles. The molecule has 0 aliphatic heterocycles. The fourth-order valence-corrected chi connectivity index (χ4v) is 2.48. The van der Waals surface area contributed by atoms with Gasteiger partial charge in [-0.1, -0.05) is 47.2 Å². The van der Waals surface area contributed by atoms with Crippen LogP contribution in [0.3, 0.4) is 0 Å². The van der Waals surface area contributed by atoms with E-state index < -0.39 is 0 Å². The van der Waals surface area contributed by atoms with Gasteiger partial charge in [0.05, 0.1) is 0 Å². The van der Waals surface area contributed by atoms with E-state index in [1.807, 2.05) is 11.8 Å². The molecule has 0 N–H and O–H groups in total. The molecule has 0 amide bonds. The monoisotopic (exact) mass is 216 g/mol. The Kier molecular flexibility index (Phi) is 3.32. The van der Waals surface area contributed by atoms with E-state index in [-0.39, 0.29) is 0 Å². The summed E-state index contributed by atoms with van der Waals surface area (Å²) in [4.78, 5) is 2.82. The molecule has 0 nitrogen and oxygen atoms in total. The van der Waals surface area contributed by atoms with E-state index in [2.05, 4.69) is 50.3 Å². The van der Waals surface area contributed by atoms with Gasteiger partial charge in [-0.25, -0.2) is 0 Å². The highest BCUT2D eigenvalue weighted by Gasteiger charge is 2.04. The second-order valence-corrected chi connectivity index (χ2v) is 5.26. The molecule has 0 saturated carbocycles. The Labute approximate surface area is 96.1 Å². The highest BCUT2D eigenvalue weighted by Crippen LogP contribution is 2.33. The highest BCUT2D eigenvalue weighted by atomic mass is 32.2. The van der Waals surface area contributed by atoms with Crippen LogP contribution in [0.25, 0.3) is 0 Å². The van der Waals surface area contributed by atoms with Crippen molar-refractivity contribution in [2.24, 2.45) is 0 Å². The van der Waals surface area contributed by atoms with Gasteiger partial charge in [0.15, 0.2) is 0 Å². The normalized spacial score (nSPS) is 15.9. The zero-order valence-corrected chi connectivity index (χ0v) is 10.1. The van der Waals surface area contributed by atoms with E-state index in [4.69, 9.17) is 0 Å². The average Bonchev–Trinajstić information content (AvgIpc) is 2.25. The first-order valence-electron chi connectivity index (χ1n) is 5.35. The molecule has 1 aromatic carbocycles. The zero-order valence-electron chi connectivity index (χ0n) is 9.29. The summed E-state index contributed by atoms with van der Waals surface area (Å²) in [6, 6.07) is 8.75. The third-order valence-corrected chi connectivity index (χ3v) is 3.70. The van der Waals surface area contributed by atoms with Crippen molar-refractivity contribution in [1.82, 2.24) is 0 Å². The molecule has 0 aromatic heterocycles. The maximum atomic E-state index is 2.25. The van der Waals surface area contributed by atoms with Gasteiger partial charge >= 0.3 is 0 Å². The molecule has 0 unspecified atom stereocenters. The smallest absolute Gasteiger partial charge is 0.0119 e. The number of aryl methyl sites for hydroxylation is 1. The Balaban J connectivity index is 2.06. The number of benzene rings is 1. The fraction of sp³-hybridized carbons (Fsp3) is 0.286. The molecule has 78 valence electrons. The summed E-state index contributed by atoms with van der Waals surface area (Å²) in [6.45, 7) is 4.32. The van der Waals surface area contributed by atoms with Crippen molar-refractivity contribution in [3.63, 3.8) is 0 Å². The Bertz CT molecular complexity index is 396. The number of thioether (sulfide) groups is 1. The second-order valence-electron chi connectivity index (χ2n) is 4.06. The predicted molar refractivity (Wildman–Crippen MR) is 68.1 cm³/mol. The van der Waals surface area contributed by atoms with Crippen LogP contribution in [0.15, 0.2) is 51.8 Å². The van der Waals surface area contributed by atoms with Crippen molar-refractivity contribution in [1.29, 1.82) is 0 Å². The van der Waals surface area contributed by atoms with Crippen LogP contribution in [0.4, 0.5) is 0 Å². The number of hydrogen-bond donors (Lipinski definition) is 0. The van der Waals surface area contributed by atoms with Gasteiger partial charge in [0, 0.05) is 4.90 Å². The predicted octanol–water partition coefficient (Wildman–Crippen LogP) is 4.71. The van der Waals surface area contributed by atoms with Gasteiger partial charge in [-0.3, -0.25) is 0 Å². The maximum Gasteiger partial charge on any atom is 0.0119 e. The minimum Gasteiger partial charge on any atom is -0.0945 e. The van der Waals surface area contributed by atoms with Crippen molar-refractivity contribution >= 4 is 11.8 Å². The molecule has 1 heteroatoms. The van der Waals surface area contributed by atoms with Crippen LogP contribution in [-0.4, -0.2) is 0 Å². The molecule has 1 aromatic rings. The van der Waals surface area contributed by atoms with Crippen LogP contribution in [0.2, 0.25) is 0 Å². The van der Waals surface area contributed by atoms with Gasteiger partial charge in [0.1, 0.15) is 0 Å². The van der Waals surface area contributed by atoms with E-state index in [1.165, 1.54) is 33.8 Å². The Hall–Kier alpha value is -0.950. The topological polar surface area (TPSA) is 0 Å². The molecule has 0 atom stereocenters. The first-order valence-corrected chi connectivity index (χ1v) is 6.16. The van der Waals surface area contributed by atoms with Crippen molar-refractivity contribution in [2.75, 3.05) is 0 Å². The first-order chi connectivity index (χ1) is 7.24. The second kappa shape index (κ2) is 4.71. The summed E-state index contributed by atoms with van der Waals surface area (Å²) in [5, 5.41) is 0. The maximum absolute atomic E-state index is 2.25. The van der Waals surface area contributed by atoms with Crippen LogP contribution in [0.1, 0.15) is 25.3 Å². The van der Waals surface area contributed by atoms with Gasteiger partial charge in [0.25, 0.3) is 0 Å². The summed E-state index contributed by atoms with van der Waals surface area (Å²) in [6.07, 6.45) is 6.90. The number of allylic oxidation sites excluding steroid dienone is 4. The third kappa shape index (κ3) is 3.00. The fourth-order valence-electron chi connectivity index (χ4n) is 1.56. The third-order valence-electron chi connectivity index (χ3n) is 2.59. The van der Waals surface area contributed by atoms with Gasteiger partial charge < -0.3 is 0 Å². The zero-order chi connectivity index (χ0) is 10.7. The molecule has 0 radical (unpaired) electrons. The molecule has 15 heavy (non-hydrogen) atoms.